The Hall–Kier alpha value is -3.01. The summed E-state index contributed by atoms with van der Waals surface area (Å²) in [6.07, 6.45) is 1.88. The first kappa shape index (κ1) is 18.8. The summed E-state index contributed by atoms with van der Waals surface area (Å²) in [7, 11) is 0. The van der Waals surface area contributed by atoms with Crippen LogP contribution in [0.5, 0.6) is 5.75 Å². The zero-order valence-electron chi connectivity index (χ0n) is 16.0. The molecule has 3 rings (SSSR count). The Morgan fingerprint density at radius 1 is 1.19 bits per heavy atom. The lowest BCUT2D eigenvalue weighted by molar-refractivity contribution is -0.142. The lowest BCUT2D eigenvalue weighted by atomic mass is 10.0. The predicted molar refractivity (Wildman–Crippen MR) is 107 cm³/mol. The number of allylic oxidation sites excluding steroid dienone is 1. The van der Waals surface area contributed by atoms with E-state index in [0.29, 0.717) is 19.0 Å². The molecule has 0 unspecified atom stereocenters. The van der Waals surface area contributed by atoms with Crippen LogP contribution in [-0.2, 0) is 22.6 Å². The van der Waals surface area contributed by atoms with Crippen LogP contribution in [0.1, 0.15) is 36.1 Å². The zero-order valence-corrected chi connectivity index (χ0v) is 16.0. The van der Waals surface area contributed by atoms with Crippen molar-refractivity contribution in [2.24, 2.45) is 0 Å². The van der Waals surface area contributed by atoms with Crippen LogP contribution in [0.4, 0.5) is 0 Å². The molecule has 27 heavy (non-hydrogen) atoms. The Bertz CT molecular complexity index is 981. The summed E-state index contributed by atoms with van der Waals surface area (Å²) in [5.41, 5.74) is 5.67. The van der Waals surface area contributed by atoms with Gasteiger partial charge in [-0.15, -0.1) is 0 Å². The van der Waals surface area contributed by atoms with Crippen LogP contribution in [0.2, 0.25) is 0 Å². The average molecular weight is 364 g/mol. The molecular weight excluding hydrogens is 340 g/mol. The second-order valence-electron chi connectivity index (χ2n) is 6.64. The van der Waals surface area contributed by atoms with Gasteiger partial charge in [0.15, 0.2) is 0 Å². The van der Waals surface area contributed by atoms with Crippen molar-refractivity contribution in [3.05, 3.63) is 71.5 Å². The standard InChI is InChI=1S/C23H24O4/c1-5-25-22(24)13-18-7-6-16(4)10-21(18)27-14-17-11-19-8-9-26-23(19)20(12-17)15(2)3/h6-12H,2,5,13-14H2,1,3-4H3. The molecule has 0 amide bonds. The van der Waals surface area contributed by atoms with E-state index < -0.39 is 0 Å². The van der Waals surface area contributed by atoms with Gasteiger partial charge in [0.2, 0.25) is 0 Å². The fourth-order valence-corrected chi connectivity index (χ4v) is 3.02. The quantitative estimate of drug-likeness (QED) is 0.522. The molecule has 0 aliphatic rings. The zero-order chi connectivity index (χ0) is 19.4. The molecule has 0 aliphatic carbocycles. The number of aryl methyl sites for hydroxylation is 1. The van der Waals surface area contributed by atoms with Crippen LogP contribution in [0.25, 0.3) is 16.5 Å². The maximum absolute atomic E-state index is 11.9. The number of hydrogen-bond donors (Lipinski definition) is 0. The minimum atomic E-state index is -0.254. The van der Waals surface area contributed by atoms with Crippen LogP contribution in [0, 0.1) is 6.92 Å². The van der Waals surface area contributed by atoms with Crippen LogP contribution in [0.3, 0.4) is 0 Å². The molecular formula is C23H24O4. The Balaban J connectivity index is 1.84. The summed E-state index contributed by atoms with van der Waals surface area (Å²) in [5, 5.41) is 1.02. The van der Waals surface area contributed by atoms with Crippen molar-refractivity contribution in [3.8, 4) is 5.75 Å². The maximum atomic E-state index is 11.9. The molecule has 4 heteroatoms. The molecule has 0 saturated heterocycles. The number of hydrogen-bond acceptors (Lipinski definition) is 4. The van der Waals surface area contributed by atoms with Gasteiger partial charge in [-0.2, -0.15) is 0 Å². The normalized spacial score (nSPS) is 10.8. The van der Waals surface area contributed by atoms with Gasteiger partial charge >= 0.3 is 5.97 Å². The third-order valence-corrected chi connectivity index (χ3v) is 4.33. The second-order valence-corrected chi connectivity index (χ2v) is 6.64. The van der Waals surface area contributed by atoms with E-state index in [2.05, 4.69) is 6.58 Å². The summed E-state index contributed by atoms with van der Waals surface area (Å²) in [6.45, 7) is 10.6. The van der Waals surface area contributed by atoms with E-state index in [1.54, 1.807) is 13.2 Å². The van der Waals surface area contributed by atoms with E-state index in [9.17, 15) is 4.79 Å². The van der Waals surface area contributed by atoms with Crippen LogP contribution >= 0.6 is 0 Å². The van der Waals surface area contributed by atoms with Gasteiger partial charge in [0.25, 0.3) is 0 Å². The molecule has 140 valence electrons. The molecule has 0 aliphatic heterocycles. The van der Waals surface area contributed by atoms with Crippen molar-refractivity contribution in [3.63, 3.8) is 0 Å². The largest absolute Gasteiger partial charge is 0.489 e. The number of furan rings is 1. The van der Waals surface area contributed by atoms with Crippen LogP contribution < -0.4 is 4.74 Å². The van der Waals surface area contributed by atoms with Crippen molar-refractivity contribution in [1.82, 2.24) is 0 Å². The minimum Gasteiger partial charge on any atom is -0.489 e. The first-order valence-corrected chi connectivity index (χ1v) is 9.02. The molecule has 0 fully saturated rings. The Morgan fingerprint density at radius 2 is 2.00 bits per heavy atom. The SMILES string of the molecule is C=C(C)c1cc(COc2cc(C)ccc2CC(=O)OCC)cc2ccoc12. The van der Waals surface area contributed by atoms with Crippen molar-refractivity contribution in [2.75, 3.05) is 6.61 Å². The molecule has 0 N–H and O–H groups in total. The number of carbonyl (C=O) groups excluding carboxylic acids is 1. The Kier molecular flexibility index (Phi) is 5.65. The van der Waals surface area contributed by atoms with E-state index >= 15 is 0 Å². The van der Waals surface area contributed by atoms with Gasteiger partial charge in [0.05, 0.1) is 19.3 Å². The summed E-state index contributed by atoms with van der Waals surface area (Å²) < 4.78 is 16.7. The summed E-state index contributed by atoms with van der Waals surface area (Å²) in [6, 6.07) is 11.9. The molecule has 0 saturated carbocycles. The van der Waals surface area contributed by atoms with E-state index in [0.717, 1.165) is 38.8 Å². The first-order valence-electron chi connectivity index (χ1n) is 9.02. The number of carbonyl (C=O) groups is 1. The number of ether oxygens (including phenoxy) is 2. The Morgan fingerprint density at radius 3 is 2.74 bits per heavy atom. The summed E-state index contributed by atoms with van der Waals surface area (Å²) >= 11 is 0. The van der Waals surface area contributed by atoms with Crippen LogP contribution in [0.15, 0.2) is 53.7 Å². The van der Waals surface area contributed by atoms with Gasteiger partial charge in [-0.3, -0.25) is 4.79 Å². The highest BCUT2D eigenvalue weighted by Gasteiger charge is 2.12. The monoisotopic (exact) mass is 364 g/mol. The van der Waals surface area contributed by atoms with Gasteiger partial charge in [0.1, 0.15) is 17.9 Å². The smallest absolute Gasteiger partial charge is 0.310 e. The topological polar surface area (TPSA) is 48.7 Å². The van der Waals surface area contributed by atoms with E-state index in [1.807, 2.05) is 50.2 Å². The van der Waals surface area contributed by atoms with Crippen molar-refractivity contribution < 1.29 is 18.7 Å². The molecule has 0 radical (unpaired) electrons. The van der Waals surface area contributed by atoms with Crippen molar-refractivity contribution in [1.29, 1.82) is 0 Å². The average Bonchev–Trinajstić information content (AvgIpc) is 3.09. The van der Waals surface area contributed by atoms with Crippen molar-refractivity contribution >= 4 is 22.5 Å². The second kappa shape index (κ2) is 8.12. The maximum Gasteiger partial charge on any atom is 0.310 e. The number of fused-ring (bicyclic) bond motifs is 1. The fraction of sp³-hybridized carbons (Fsp3) is 0.261. The van der Waals surface area contributed by atoms with Crippen LogP contribution in [-0.4, -0.2) is 12.6 Å². The van der Waals surface area contributed by atoms with E-state index in [1.165, 1.54) is 0 Å². The highest BCUT2D eigenvalue weighted by atomic mass is 16.5. The summed E-state index contributed by atoms with van der Waals surface area (Å²) in [5.74, 6) is 0.447. The lowest BCUT2D eigenvalue weighted by Crippen LogP contribution is -2.09. The van der Waals surface area contributed by atoms with Gasteiger partial charge in [-0.25, -0.2) is 0 Å². The number of benzene rings is 2. The van der Waals surface area contributed by atoms with Gasteiger partial charge in [-0.05, 0) is 61.7 Å². The number of rotatable bonds is 7. The van der Waals surface area contributed by atoms with E-state index in [-0.39, 0.29) is 12.4 Å². The fourth-order valence-electron chi connectivity index (χ4n) is 3.02. The van der Waals surface area contributed by atoms with Gasteiger partial charge in [0, 0.05) is 16.5 Å². The van der Waals surface area contributed by atoms with Crippen molar-refractivity contribution in [2.45, 2.75) is 33.8 Å². The van der Waals surface area contributed by atoms with Gasteiger partial charge in [-0.1, -0.05) is 18.7 Å². The third kappa shape index (κ3) is 4.40. The molecule has 0 bridgehead atoms. The molecule has 2 aromatic carbocycles. The predicted octanol–water partition coefficient (Wildman–Crippen LogP) is 5.46. The molecule has 4 nitrogen and oxygen atoms in total. The minimum absolute atomic E-state index is 0.196. The highest BCUT2D eigenvalue weighted by molar-refractivity contribution is 5.89. The molecule has 3 aromatic rings. The van der Waals surface area contributed by atoms with Gasteiger partial charge < -0.3 is 13.9 Å². The Labute approximate surface area is 159 Å². The highest BCUT2D eigenvalue weighted by Crippen LogP contribution is 2.28. The van der Waals surface area contributed by atoms with E-state index in [4.69, 9.17) is 13.9 Å². The number of esters is 1. The summed E-state index contributed by atoms with van der Waals surface area (Å²) in [4.78, 5) is 11.9. The first-order chi connectivity index (χ1) is 13.0. The molecule has 1 heterocycles. The molecule has 1 aromatic heterocycles. The molecule has 0 atom stereocenters. The lowest BCUT2D eigenvalue weighted by Gasteiger charge is -2.13. The molecule has 0 spiro atoms. The third-order valence-electron chi connectivity index (χ3n) is 4.33.